The van der Waals surface area contributed by atoms with Gasteiger partial charge in [0.1, 0.15) is 11.5 Å². The highest BCUT2D eigenvalue weighted by Gasteiger charge is 2.34. The van der Waals surface area contributed by atoms with Crippen molar-refractivity contribution < 1.29 is 19.0 Å². The van der Waals surface area contributed by atoms with Crippen LogP contribution in [0.1, 0.15) is 73.4 Å². The molecule has 0 spiro atoms. The van der Waals surface area contributed by atoms with Crippen LogP contribution in [0.4, 0.5) is 4.39 Å². The van der Waals surface area contributed by atoms with Crippen molar-refractivity contribution in [3.05, 3.63) is 88.0 Å². The molecular formula is C32H35FN2O3. The highest BCUT2D eigenvalue weighted by molar-refractivity contribution is 6.01. The molecular weight excluding hydrogens is 479 g/mol. The standard InChI is InChI=1S/C32H35FN2O3/c1-19-10-14-22(15-11-19)27-26(29(31(36)37)38-32(3,4)5)20(2)34-30-28(27)24-8-6-7-9-25(24)35(30)18-21-12-16-23(33)17-13-21/h10-17,29H,6-9,18H2,1-5H3,(H,36,37)/t29-/m0/s1. The van der Waals surface area contributed by atoms with Gasteiger partial charge < -0.3 is 14.4 Å². The van der Waals surface area contributed by atoms with Crippen LogP contribution in [0.15, 0.2) is 48.5 Å². The number of hydrogen-bond donors (Lipinski definition) is 1. The van der Waals surface area contributed by atoms with Crippen molar-refractivity contribution in [2.75, 3.05) is 0 Å². The number of carbonyl (C=O) groups is 1. The molecule has 1 aliphatic rings. The van der Waals surface area contributed by atoms with Crippen molar-refractivity contribution in [3.63, 3.8) is 0 Å². The molecule has 6 heteroatoms. The van der Waals surface area contributed by atoms with E-state index in [1.165, 1.54) is 23.4 Å². The molecule has 0 amide bonds. The van der Waals surface area contributed by atoms with Gasteiger partial charge in [0.2, 0.25) is 0 Å². The van der Waals surface area contributed by atoms with Crippen molar-refractivity contribution in [1.29, 1.82) is 0 Å². The summed E-state index contributed by atoms with van der Waals surface area (Å²) in [4.78, 5) is 17.8. The largest absolute Gasteiger partial charge is 0.479 e. The molecule has 0 aliphatic heterocycles. The number of halogens is 1. The van der Waals surface area contributed by atoms with Crippen LogP contribution < -0.4 is 0 Å². The van der Waals surface area contributed by atoms with E-state index in [0.717, 1.165) is 59.0 Å². The molecule has 0 fully saturated rings. The second-order valence-corrected chi connectivity index (χ2v) is 11.3. The van der Waals surface area contributed by atoms with E-state index in [0.29, 0.717) is 17.8 Å². The third kappa shape index (κ3) is 4.97. The van der Waals surface area contributed by atoms with Crippen molar-refractivity contribution in [2.24, 2.45) is 0 Å². The molecule has 38 heavy (non-hydrogen) atoms. The van der Waals surface area contributed by atoms with Crippen LogP contribution in [-0.2, 0) is 28.9 Å². The summed E-state index contributed by atoms with van der Waals surface area (Å²) in [7, 11) is 0. The Kier molecular flexibility index (Phi) is 6.86. The van der Waals surface area contributed by atoms with Gasteiger partial charge in [0.25, 0.3) is 0 Å². The number of aryl methyl sites for hydroxylation is 3. The molecule has 198 valence electrons. The lowest BCUT2D eigenvalue weighted by Crippen LogP contribution is -2.28. The summed E-state index contributed by atoms with van der Waals surface area (Å²) in [6.45, 7) is 10.1. The third-order valence-corrected chi connectivity index (χ3v) is 7.28. The summed E-state index contributed by atoms with van der Waals surface area (Å²) >= 11 is 0. The fourth-order valence-corrected chi connectivity index (χ4v) is 5.64. The number of hydrogen-bond acceptors (Lipinski definition) is 3. The van der Waals surface area contributed by atoms with Gasteiger partial charge >= 0.3 is 5.97 Å². The predicted molar refractivity (Wildman–Crippen MR) is 148 cm³/mol. The Labute approximate surface area is 223 Å². The van der Waals surface area contributed by atoms with E-state index in [1.54, 1.807) is 0 Å². The first-order valence-electron chi connectivity index (χ1n) is 13.3. The number of carboxylic acid groups (broad SMARTS) is 1. The van der Waals surface area contributed by atoms with Crippen molar-refractivity contribution in [3.8, 4) is 11.1 Å². The Balaban J connectivity index is 1.85. The van der Waals surface area contributed by atoms with E-state index >= 15 is 0 Å². The zero-order valence-electron chi connectivity index (χ0n) is 22.8. The summed E-state index contributed by atoms with van der Waals surface area (Å²) in [6.07, 6.45) is 2.82. The van der Waals surface area contributed by atoms with Crippen LogP contribution in [-0.4, -0.2) is 26.2 Å². The number of benzene rings is 2. The van der Waals surface area contributed by atoms with Crippen molar-refractivity contribution >= 4 is 17.0 Å². The van der Waals surface area contributed by atoms with Gasteiger partial charge in [0.15, 0.2) is 6.10 Å². The number of ether oxygens (including phenoxy) is 1. The van der Waals surface area contributed by atoms with E-state index in [2.05, 4.69) is 28.8 Å². The van der Waals surface area contributed by atoms with Gasteiger partial charge in [-0.05, 0) is 89.1 Å². The highest BCUT2D eigenvalue weighted by atomic mass is 19.1. The Morgan fingerprint density at radius 1 is 1.05 bits per heavy atom. The minimum absolute atomic E-state index is 0.257. The number of nitrogens with zero attached hydrogens (tertiary/aromatic N) is 2. The number of fused-ring (bicyclic) bond motifs is 3. The van der Waals surface area contributed by atoms with Gasteiger partial charge in [-0.25, -0.2) is 14.2 Å². The summed E-state index contributed by atoms with van der Waals surface area (Å²) in [6, 6.07) is 14.9. The Bertz CT molecular complexity index is 1500. The summed E-state index contributed by atoms with van der Waals surface area (Å²) in [5, 5.41) is 11.4. The quantitative estimate of drug-likeness (QED) is 0.293. The van der Waals surface area contributed by atoms with E-state index in [9.17, 15) is 14.3 Å². The molecule has 2 aromatic carbocycles. The number of pyridine rings is 1. The smallest absolute Gasteiger partial charge is 0.337 e. The van der Waals surface area contributed by atoms with Crippen LogP contribution in [0.25, 0.3) is 22.2 Å². The van der Waals surface area contributed by atoms with Crippen LogP contribution in [0.3, 0.4) is 0 Å². The van der Waals surface area contributed by atoms with E-state index < -0.39 is 17.7 Å². The monoisotopic (exact) mass is 514 g/mol. The molecule has 0 radical (unpaired) electrons. The Hall–Kier alpha value is -3.51. The zero-order valence-corrected chi connectivity index (χ0v) is 22.8. The number of carboxylic acids is 1. The van der Waals surface area contributed by atoms with Gasteiger partial charge in [-0.15, -0.1) is 0 Å². The summed E-state index contributed by atoms with van der Waals surface area (Å²) < 4.78 is 22.1. The Morgan fingerprint density at radius 2 is 1.71 bits per heavy atom. The summed E-state index contributed by atoms with van der Waals surface area (Å²) in [5.41, 5.74) is 7.87. The fraction of sp³-hybridized carbons (Fsp3) is 0.375. The van der Waals surface area contributed by atoms with Crippen LogP contribution in [0.5, 0.6) is 0 Å². The zero-order chi connectivity index (χ0) is 27.2. The molecule has 5 nitrogen and oxygen atoms in total. The van der Waals surface area contributed by atoms with Gasteiger partial charge in [-0.1, -0.05) is 42.0 Å². The second kappa shape index (κ2) is 9.99. The molecule has 2 heterocycles. The topological polar surface area (TPSA) is 64.3 Å². The predicted octanol–water partition coefficient (Wildman–Crippen LogP) is 7.33. The minimum Gasteiger partial charge on any atom is -0.479 e. The minimum atomic E-state index is -1.16. The second-order valence-electron chi connectivity index (χ2n) is 11.3. The molecule has 0 saturated heterocycles. The maximum atomic E-state index is 13.6. The lowest BCUT2D eigenvalue weighted by Gasteiger charge is -2.28. The molecule has 0 unspecified atom stereocenters. The maximum Gasteiger partial charge on any atom is 0.337 e. The Morgan fingerprint density at radius 3 is 2.34 bits per heavy atom. The third-order valence-electron chi connectivity index (χ3n) is 7.28. The number of rotatable bonds is 6. The molecule has 1 aliphatic carbocycles. The number of aliphatic carboxylic acids is 1. The fourth-order valence-electron chi connectivity index (χ4n) is 5.64. The first-order chi connectivity index (χ1) is 18.0. The van der Waals surface area contributed by atoms with E-state index in [1.807, 2.05) is 46.8 Å². The summed E-state index contributed by atoms with van der Waals surface area (Å²) in [5.74, 6) is -1.29. The van der Waals surface area contributed by atoms with Gasteiger partial charge in [-0.2, -0.15) is 0 Å². The van der Waals surface area contributed by atoms with Gasteiger partial charge in [0, 0.05) is 34.4 Å². The van der Waals surface area contributed by atoms with Crippen LogP contribution in [0, 0.1) is 19.7 Å². The van der Waals surface area contributed by atoms with E-state index in [-0.39, 0.29) is 5.82 Å². The van der Waals surface area contributed by atoms with Gasteiger partial charge in [-0.3, -0.25) is 0 Å². The van der Waals surface area contributed by atoms with Crippen molar-refractivity contribution in [2.45, 2.75) is 78.6 Å². The SMILES string of the molecule is Cc1ccc(-c2c([C@H](OC(C)(C)C)C(=O)O)c(C)nc3c2c2c(n3Cc3ccc(F)cc3)CCCC2)cc1. The average Bonchev–Trinajstić information content (AvgIpc) is 3.16. The average molecular weight is 515 g/mol. The lowest BCUT2D eigenvalue weighted by atomic mass is 9.87. The molecule has 0 saturated carbocycles. The van der Waals surface area contributed by atoms with Crippen LogP contribution in [0.2, 0.25) is 0 Å². The van der Waals surface area contributed by atoms with Crippen molar-refractivity contribution in [1.82, 2.24) is 9.55 Å². The molecule has 2 aromatic heterocycles. The number of aromatic nitrogens is 2. The molecule has 0 bridgehead atoms. The molecule has 1 N–H and O–H groups in total. The van der Waals surface area contributed by atoms with Gasteiger partial charge in [0.05, 0.1) is 5.60 Å². The van der Waals surface area contributed by atoms with E-state index in [4.69, 9.17) is 9.72 Å². The first-order valence-corrected chi connectivity index (χ1v) is 13.3. The first kappa shape index (κ1) is 26.1. The molecule has 5 rings (SSSR count). The normalized spacial score (nSPS) is 14.5. The lowest BCUT2D eigenvalue weighted by molar-refractivity contribution is -0.160. The van der Waals surface area contributed by atoms with Crippen LogP contribution >= 0.6 is 0 Å². The highest BCUT2D eigenvalue weighted by Crippen LogP contribution is 2.44. The molecule has 4 aromatic rings. The molecule has 1 atom stereocenters. The maximum absolute atomic E-state index is 13.6.